The largest absolute Gasteiger partial charge is 0.393 e. The third-order valence-corrected chi connectivity index (χ3v) is 13.6. The Hall–Kier alpha value is -2.74. The Bertz CT molecular complexity index is 1620. The van der Waals surface area contributed by atoms with Gasteiger partial charge in [0.2, 0.25) is 0 Å². The maximum absolute atomic E-state index is 14.3. The number of amides is 1. The average molecular weight is 628 g/mol. The van der Waals surface area contributed by atoms with Crippen LogP contribution >= 0.6 is 0 Å². The van der Waals surface area contributed by atoms with Crippen molar-refractivity contribution in [3.63, 3.8) is 0 Å². The molecule has 1 amide bonds. The van der Waals surface area contributed by atoms with E-state index < -0.39 is 5.82 Å². The number of nitrogens with one attached hydrogen (secondary N) is 3. The highest BCUT2D eigenvalue weighted by Gasteiger charge is 2.60. The number of benzene rings is 2. The average Bonchev–Trinajstić information content (AvgIpc) is 3.52. The molecule has 3 aromatic rings. The second-order valence-corrected chi connectivity index (χ2v) is 15.8. The zero-order chi connectivity index (χ0) is 31.6. The zero-order valence-corrected chi connectivity index (χ0v) is 27.5. The number of aromatic nitrogens is 1. The maximum atomic E-state index is 14.3. The molecule has 4 N–H and O–H groups in total. The van der Waals surface area contributed by atoms with E-state index in [-0.39, 0.29) is 12.0 Å². The standard InChI is InChI=1S/C39H50FN3O3/c1-38-14-11-27(44)19-25(38)7-8-28-31-9-10-34(39(31,2)15-12-32(28)38)46-18-17-41-22-23-3-5-24(6-4-23)36-29-13-16-42-37(45)30-20-26(40)21-33(43-36)35(29)30/h3-6,20-21,25,27-28,31-32,34,41,43-44H,7-19,22H2,1-2H3,(H,42,45)/t25-,27+,28-,31-,32-,34-,38-,39-/m0/s1. The van der Waals surface area contributed by atoms with Crippen LogP contribution < -0.4 is 10.6 Å². The van der Waals surface area contributed by atoms with Gasteiger partial charge < -0.3 is 25.5 Å². The molecule has 46 heavy (non-hydrogen) atoms. The molecule has 0 bridgehead atoms. The fraction of sp³-hybridized carbons (Fsp3) is 0.615. The van der Waals surface area contributed by atoms with E-state index in [1.807, 2.05) is 0 Å². The van der Waals surface area contributed by atoms with Crippen LogP contribution in [-0.2, 0) is 17.7 Å². The van der Waals surface area contributed by atoms with Gasteiger partial charge in [-0.25, -0.2) is 4.39 Å². The summed E-state index contributed by atoms with van der Waals surface area (Å²) in [5.74, 6) is 2.54. The summed E-state index contributed by atoms with van der Waals surface area (Å²) in [6.07, 6.45) is 12.0. The quantitative estimate of drug-likeness (QED) is 0.210. The van der Waals surface area contributed by atoms with Crippen molar-refractivity contribution in [3.05, 3.63) is 58.9 Å². The molecule has 1 aromatic heterocycles. The Labute approximate surface area is 272 Å². The molecule has 7 heteroatoms. The highest BCUT2D eigenvalue weighted by molar-refractivity contribution is 6.10. The van der Waals surface area contributed by atoms with Crippen molar-refractivity contribution in [1.82, 2.24) is 15.6 Å². The summed E-state index contributed by atoms with van der Waals surface area (Å²) in [4.78, 5) is 15.9. The third kappa shape index (κ3) is 5.03. The molecule has 0 radical (unpaired) electrons. The van der Waals surface area contributed by atoms with Crippen molar-refractivity contribution in [1.29, 1.82) is 0 Å². The lowest BCUT2D eigenvalue weighted by molar-refractivity contribution is -0.140. The van der Waals surface area contributed by atoms with Crippen molar-refractivity contribution in [2.24, 2.45) is 34.5 Å². The van der Waals surface area contributed by atoms with E-state index in [1.165, 1.54) is 62.6 Å². The first-order valence-electron chi connectivity index (χ1n) is 18.0. The summed E-state index contributed by atoms with van der Waals surface area (Å²) in [6.45, 7) is 7.99. The van der Waals surface area contributed by atoms with Crippen LogP contribution in [0.4, 0.5) is 4.39 Å². The maximum Gasteiger partial charge on any atom is 0.252 e. The number of hydrogen-bond donors (Lipinski definition) is 4. The molecule has 246 valence electrons. The fourth-order valence-electron chi connectivity index (χ4n) is 11.2. The van der Waals surface area contributed by atoms with Crippen molar-refractivity contribution in [3.8, 4) is 11.3 Å². The van der Waals surface area contributed by atoms with Gasteiger partial charge in [-0.2, -0.15) is 0 Å². The van der Waals surface area contributed by atoms with Crippen LogP contribution in [0, 0.1) is 40.3 Å². The lowest BCUT2D eigenvalue weighted by atomic mass is 9.45. The minimum absolute atomic E-state index is 0.0727. The molecule has 8 atom stereocenters. The molecule has 0 saturated heterocycles. The van der Waals surface area contributed by atoms with E-state index in [2.05, 4.69) is 53.7 Å². The molecule has 4 aliphatic carbocycles. The van der Waals surface area contributed by atoms with E-state index in [1.54, 1.807) is 0 Å². The second-order valence-electron chi connectivity index (χ2n) is 15.8. The van der Waals surface area contributed by atoms with Gasteiger partial charge in [0.15, 0.2) is 0 Å². The van der Waals surface area contributed by atoms with Gasteiger partial charge in [0, 0.05) is 36.2 Å². The van der Waals surface area contributed by atoms with Crippen LogP contribution in [0.25, 0.3) is 22.2 Å². The summed E-state index contributed by atoms with van der Waals surface area (Å²) in [7, 11) is 0. The number of aromatic amines is 1. The van der Waals surface area contributed by atoms with E-state index in [0.717, 1.165) is 72.5 Å². The summed E-state index contributed by atoms with van der Waals surface area (Å²) in [6, 6.07) is 11.3. The van der Waals surface area contributed by atoms with Crippen LogP contribution in [0.5, 0.6) is 0 Å². The number of hydrogen-bond acceptors (Lipinski definition) is 4. The Balaban J connectivity index is 0.857. The number of aliphatic hydroxyl groups is 1. The fourth-order valence-corrected chi connectivity index (χ4v) is 11.2. The van der Waals surface area contributed by atoms with Gasteiger partial charge in [0.25, 0.3) is 5.91 Å². The van der Waals surface area contributed by atoms with E-state index in [9.17, 15) is 14.3 Å². The lowest BCUT2D eigenvalue weighted by Crippen LogP contribution is -2.54. The SMILES string of the molecule is C[C@]12CC[C@@H](O)C[C@@H]1CC[C@@H]1[C@@H]2CC[C@]2(C)[C@@H](OCCNCc3ccc(-c4[nH]c5cc(F)cc6c5c4CCNC6=O)cc3)CC[C@@H]12. The van der Waals surface area contributed by atoms with Crippen LogP contribution in [0.15, 0.2) is 36.4 Å². The number of H-pyrrole nitrogens is 1. The normalized spacial score (nSPS) is 35.3. The Morgan fingerprint density at radius 1 is 1.00 bits per heavy atom. The van der Waals surface area contributed by atoms with Crippen LogP contribution in [0.2, 0.25) is 0 Å². The number of halogens is 1. The highest BCUT2D eigenvalue weighted by Crippen LogP contribution is 2.66. The number of carbonyl (C=O) groups excluding carboxylic acids is 1. The topological polar surface area (TPSA) is 86.4 Å². The first kappa shape index (κ1) is 30.6. The minimum Gasteiger partial charge on any atom is -0.393 e. The molecular weight excluding hydrogens is 577 g/mol. The second kappa shape index (κ2) is 11.7. The number of fused-ring (bicyclic) bond motifs is 5. The Morgan fingerprint density at radius 3 is 2.65 bits per heavy atom. The van der Waals surface area contributed by atoms with Crippen molar-refractivity contribution < 1.29 is 19.0 Å². The van der Waals surface area contributed by atoms with Crippen molar-refractivity contribution >= 4 is 16.8 Å². The predicted molar refractivity (Wildman–Crippen MR) is 179 cm³/mol. The lowest BCUT2D eigenvalue weighted by Gasteiger charge is -2.60. The predicted octanol–water partition coefficient (Wildman–Crippen LogP) is 7.14. The molecule has 0 spiro atoms. The number of aliphatic hydroxyl groups excluding tert-OH is 1. The first-order valence-corrected chi connectivity index (χ1v) is 18.0. The molecule has 4 fully saturated rings. The molecule has 4 saturated carbocycles. The molecule has 1 aliphatic heterocycles. The van der Waals surface area contributed by atoms with Crippen LogP contribution in [0.3, 0.4) is 0 Å². The van der Waals surface area contributed by atoms with Crippen LogP contribution in [-0.4, -0.2) is 47.9 Å². The van der Waals surface area contributed by atoms with Gasteiger partial charge in [0.05, 0.1) is 24.4 Å². The van der Waals surface area contributed by atoms with Crippen molar-refractivity contribution in [2.75, 3.05) is 19.7 Å². The smallest absolute Gasteiger partial charge is 0.252 e. The van der Waals surface area contributed by atoms with Gasteiger partial charge in [0.1, 0.15) is 5.82 Å². The third-order valence-electron chi connectivity index (χ3n) is 13.6. The molecule has 8 rings (SSSR count). The summed E-state index contributed by atoms with van der Waals surface area (Å²) < 4.78 is 20.9. The molecule has 0 unspecified atom stereocenters. The minimum atomic E-state index is -0.406. The molecule has 2 heterocycles. The summed E-state index contributed by atoms with van der Waals surface area (Å²) in [5, 5.41) is 17.7. The van der Waals surface area contributed by atoms with E-state index >= 15 is 0 Å². The van der Waals surface area contributed by atoms with Gasteiger partial charge in [-0.1, -0.05) is 38.1 Å². The van der Waals surface area contributed by atoms with Gasteiger partial charge in [-0.3, -0.25) is 4.79 Å². The molecule has 6 nitrogen and oxygen atoms in total. The number of rotatable bonds is 7. The van der Waals surface area contributed by atoms with Gasteiger partial charge in [-0.05, 0) is 128 Å². The molecule has 5 aliphatic rings. The Morgan fingerprint density at radius 2 is 1.80 bits per heavy atom. The zero-order valence-electron chi connectivity index (χ0n) is 27.5. The van der Waals surface area contributed by atoms with Gasteiger partial charge >= 0.3 is 0 Å². The van der Waals surface area contributed by atoms with Gasteiger partial charge in [-0.15, -0.1) is 0 Å². The summed E-state index contributed by atoms with van der Waals surface area (Å²) in [5.41, 5.74) is 6.08. The molecular formula is C39H50FN3O3. The number of ether oxygens (including phenoxy) is 1. The number of carbonyl (C=O) groups is 1. The molecule has 2 aromatic carbocycles. The summed E-state index contributed by atoms with van der Waals surface area (Å²) >= 11 is 0. The van der Waals surface area contributed by atoms with E-state index in [0.29, 0.717) is 46.9 Å². The van der Waals surface area contributed by atoms with Crippen molar-refractivity contribution in [2.45, 2.75) is 96.8 Å². The highest BCUT2D eigenvalue weighted by atomic mass is 19.1. The van der Waals surface area contributed by atoms with E-state index in [4.69, 9.17) is 4.74 Å². The monoisotopic (exact) mass is 627 g/mol. The first-order chi connectivity index (χ1) is 22.2. The van der Waals surface area contributed by atoms with Crippen LogP contribution in [0.1, 0.15) is 93.1 Å². The Kier molecular flexibility index (Phi) is 7.81.